The molecule has 4 rings (SSSR count). The van der Waals surface area contributed by atoms with E-state index in [2.05, 4.69) is 6.92 Å². The largest absolute Gasteiger partial charge is 0.507 e. The minimum atomic E-state index is -0.178. The number of nitrogens with one attached hydrogen (secondary N) is 1. The van der Waals surface area contributed by atoms with Crippen LogP contribution in [0.3, 0.4) is 0 Å². The molecule has 2 aliphatic rings. The third-order valence-electron chi connectivity index (χ3n) is 5.91. The number of hydrogen-bond acceptors (Lipinski definition) is 5. The Kier molecular flexibility index (Phi) is 5.68. The van der Waals surface area contributed by atoms with Gasteiger partial charge in [0, 0.05) is 5.92 Å². The molecular formula is C24H28NO5+. The van der Waals surface area contributed by atoms with E-state index in [1.54, 1.807) is 44.6 Å². The number of hydrogen-bond donors (Lipinski definition) is 2. The molecule has 6 heteroatoms. The lowest BCUT2D eigenvalue weighted by molar-refractivity contribution is -0.922. The number of carbonyl (C=O) groups is 1. The number of quaternary nitrogens is 1. The number of allylic oxidation sites excluding steroid dienone is 1. The highest BCUT2D eigenvalue weighted by molar-refractivity contribution is 6.15. The van der Waals surface area contributed by atoms with Gasteiger partial charge in [-0.3, -0.25) is 4.79 Å². The standard InChI is InChI=1S/C24H27NO5/c1-15-5-4-10-25(13-15)14-18-19(26)8-7-17-23(27)22(30-24(17)18)12-16-6-9-20(28-2)21(11-16)29-3/h6-9,11-12,15,26H,4-5,10,13-14H2,1-3H3/p+1/t15-/m1/s1. The third-order valence-corrected chi connectivity index (χ3v) is 5.91. The van der Waals surface area contributed by atoms with Crippen molar-refractivity contribution < 1.29 is 29.0 Å². The van der Waals surface area contributed by atoms with E-state index < -0.39 is 0 Å². The van der Waals surface area contributed by atoms with E-state index in [4.69, 9.17) is 14.2 Å². The van der Waals surface area contributed by atoms with E-state index in [0.717, 1.165) is 18.7 Å². The first-order chi connectivity index (χ1) is 14.5. The van der Waals surface area contributed by atoms with Crippen molar-refractivity contribution in [3.8, 4) is 23.0 Å². The van der Waals surface area contributed by atoms with Crippen LogP contribution in [0.4, 0.5) is 0 Å². The maximum absolute atomic E-state index is 12.9. The fourth-order valence-electron chi connectivity index (χ4n) is 4.37. The van der Waals surface area contributed by atoms with E-state index in [9.17, 15) is 9.90 Å². The lowest BCUT2D eigenvalue weighted by Gasteiger charge is -2.28. The summed E-state index contributed by atoms with van der Waals surface area (Å²) in [7, 11) is 3.15. The Morgan fingerprint density at radius 1 is 1.20 bits per heavy atom. The molecular weight excluding hydrogens is 382 g/mol. The number of piperidine rings is 1. The number of aromatic hydroxyl groups is 1. The van der Waals surface area contributed by atoms with Crippen LogP contribution < -0.4 is 19.1 Å². The molecule has 2 atom stereocenters. The van der Waals surface area contributed by atoms with Crippen LogP contribution in [0.1, 0.15) is 41.3 Å². The van der Waals surface area contributed by atoms with E-state index >= 15 is 0 Å². The molecule has 2 heterocycles. The molecule has 0 amide bonds. The number of likely N-dealkylation sites (tertiary alicyclic amines) is 1. The topological polar surface area (TPSA) is 69.4 Å². The molecule has 1 unspecified atom stereocenters. The molecule has 2 aliphatic heterocycles. The quantitative estimate of drug-likeness (QED) is 0.742. The predicted molar refractivity (Wildman–Crippen MR) is 113 cm³/mol. The SMILES string of the molecule is COc1ccc(C=C2Oc3c(ccc(O)c3C[NH+]3CCC[C@@H](C)C3)C2=O)cc1OC. The molecule has 1 fully saturated rings. The van der Waals surface area contributed by atoms with Gasteiger partial charge in [0.05, 0.1) is 38.4 Å². The average Bonchev–Trinajstić information content (AvgIpc) is 3.05. The Balaban J connectivity index is 1.63. The fourth-order valence-corrected chi connectivity index (χ4v) is 4.37. The second kappa shape index (κ2) is 8.40. The molecule has 0 spiro atoms. The maximum atomic E-state index is 12.9. The number of fused-ring (bicyclic) bond motifs is 1. The zero-order chi connectivity index (χ0) is 21.3. The highest BCUT2D eigenvalue weighted by atomic mass is 16.5. The monoisotopic (exact) mass is 410 g/mol. The van der Waals surface area contributed by atoms with Crippen molar-refractivity contribution >= 4 is 11.9 Å². The van der Waals surface area contributed by atoms with Crippen LogP contribution in [0, 0.1) is 5.92 Å². The van der Waals surface area contributed by atoms with Crippen molar-refractivity contribution in [3.05, 3.63) is 52.8 Å². The summed E-state index contributed by atoms with van der Waals surface area (Å²) in [6.07, 6.45) is 4.12. The van der Waals surface area contributed by atoms with Gasteiger partial charge in [0.2, 0.25) is 5.78 Å². The van der Waals surface area contributed by atoms with Gasteiger partial charge in [-0.2, -0.15) is 0 Å². The van der Waals surface area contributed by atoms with Gasteiger partial charge in [-0.05, 0) is 48.7 Å². The summed E-state index contributed by atoms with van der Waals surface area (Å²) in [5, 5.41) is 10.5. The van der Waals surface area contributed by atoms with Crippen molar-refractivity contribution in [1.29, 1.82) is 0 Å². The highest BCUT2D eigenvalue weighted by Gasteiger charge is 2.33. The number of methoxy groups -OCH3 is 2. The summed E-state index contributed by atoms with van der Waals surface area (Å²) in [5.74, 6) is 2.59. The van der Waals surface area contributed by atoms with Gasteiger partial charge in [-0.1, -0.05) is 13.0 Å². The first-order valence-electron chi connectivity index (χ1n) is 10.3. The number of benzene rings is 2. The summed E-state index contributed by atoms with van der Waals surface area (Å²) < 4.78 is 16.6. The minimum Gasteiger partial charge on any atom is -0.507 e. The molecule has 2 aromatic rings. The predicted octanol–water partition coefficient (Wildman–Crippen LogP) is 2.84. The number of phenols is 1. The number of ether oxygens (including phenoxy) is 3. The highest BCUT2D eigenvalue weighted by Crippen LogP contribution is 2.39. The Morgan fingerprint density at radius 2 is 2.00 bits per heavy atom. The molecule has 6 nitrogen and oxygen atoms in total. The zero-order valence-electron chi connectivity index (χ0n) is 17.7. The van der Waals surface area contributed by atoms with E-state index in [0.29, 0.717) is 40.8 Å². The molecule has 30 heavy (non-hydrogen) atoms. The lowest BCUT2D eigenvalue weighted by atomic mass is 9.99. The van der Waals surface area contributed by atoms with Crippen molar-refractivity contribution in [2.24, 2.45) is 5.92 Å². The number of rotatable bonds is 5. The number of carbonyl (C=O) groups excluding carboxylic acids is 1. The summed E-state index contributed by atoms with van der Waals surface area (Å²) in [6, 6.07) is 8.66. The summed E-state index contributed by atoms with van der Waals surface area (Å²) in [6.45, 7) is 5.04. The van der Waals surface area contributed by atoms with Crippen LogP contribution >= 0.6 is 0 Å². The normalized spacial score (nSPS) is 22.0. The molecule has 0 aliphatic carbocycles. The second-order valence-corrected chi connectivity index (χ2v) is 8.12. The van der Waals surface area contributed by atoms with Gasteiger partial charge in [-0.15, -0.1) is 0 Å². The van der Waals surface area contributed by atoms with Crippen LogP contribution in [0.5, 0.6) is 23.0 Å². The Morgan fingerprint density at radius 3 is 2.73 bits per heavy atom. The number of Topliss-reactive ketones (excluding diaryl/α,β-unsaturated/α-hetero) is 1. The molecule has 158 valence electrons. The Bertz CT molecular complexity index is 997. The van der Waals surface area contributed by atoms with E-state index in [1.165, 1.54) is 17.7 Å². The minimum absolute atomic E-state index is 0.178. The number of ketones is 1. The van der Waals surface area contributed by atoms with Crippen molar-refractivity contribution in [2.45, 2.75) is 26.3 Å². The van der Waals surface area contributed by atoms with Crippen LogP contribution in [0.25, 0.3) is 6.08 Å². The van der Waals surface area contributed by atoms with Crippen molar-refractivity contribution in [3.63, 3.8) is 0 Å². The summed E-state index contributed by atoms with van der Waals surface area (Å²) in [5.41, 5.74) is 1.98. The maximum Gasteiger partial charge on any atom is 0.231 e. The zero-order valence-corrected chi connectivity index (χ0v) is 17.7. The second-order valence-electron chi connectivity index (χ2n) is 8.12. The van der Waals surface area contributed by atoms with Crippen LogP contribution in [0.15, 0.2) is 36.1 Å². The average molecular weight is 410 g/mol. The van der Waals surface area contributed by atoms with Gasteiger partial charge >= 0.3 is 0 Å². The van der Waals surface area contributed by atoms with Gasteiger partial charge < -0.3 is 24.2 Å². The summed E-state index contributed by atoms with van der Waals surface area (Å²) >= 11 is 0. The Hall–Kier alpha value is -2.99. The van der Waals surface area contributed by atoms with Gasteiger partial charge in [0.25, 0.3) is 0 Å². The van der Waals surface area contributed by atoms with Crippen molar-refractivity contribution in [1.82, 2.24) is 0 Å². The van der Waals surface area contributed by atoms with Gasteiger partial charge in [0.1, 0.15) is 12.3 Å². The van der Waals surface area contributed by atoms with E-state index in [1.807, 2.05) is 6.07 Å². The first-order valence-corrected chi connectivity index (χ1v) is 10.3. The van der Waals surface area contributed by atoms with E-state index in [-0.39, 0.29) is 17.3 Å². The van der Waals surface area contributed by atoms with Gasteiger partial charge in [0.15, 0.2) is 23.0 Å². The van der Waals surface area contributed by atoms with Crippen LogP contribution in [0.2, 0.25) is 0 Å². The lowest BCUT2D eigenvalue weighted by Crippen LogP contribution is -3.12. The van der Waals surface area contributed by atoms with Gasteiger partial charge in [-0.25, -0.2) is 0 Å². The third kappa shape index (κ3) is 3.87. The molecule has 0 aromatic heterocycles. The van der Waals surface area contributed by atoms with Crippen LogP contribution in [-0.4, -0.2) is 38.2 Å². The fraction of sp³-hybridized carbons (Fsp3) is 0.375. The van der Waals surface area contributed by atoms with Crippen molar-refractivity contribution in [2.75, 3.05) is 27.3 Å². The summed E-state index contributed by atoms with van der Waals surface area (Å²) in [4.78, 5) is 14.4. The molecule has 0 radical (unpaired) electrons. The van der Waals surface area contributed by atoms with Crippen LogP contribution in [-0.2, 0) is 6.54 Å². The molecule has 1 saturated heterocycles. The molecule has 2 N–H and O–H groups in total. The molecule has 0 bridgehead atoms. The molecule has 0 saturated carbocycles. The molecule has 2 aromatic carbocycles. The first kappa shape index (κ1) is 20.3. The Labute approximate surface area is 176 Å². The smallest absolute Gasteiger partial charge is 0.231 e. The number of phenolic OH excluding ortho intramolecular Hbond substituents is 1.